The Hall–Kier alpha value is -2.48. The van der Waals surface area contributed by atoms with Gasteiger partial charge in [-0.15, -0.1) is 16.4 Å². The van der Waals surface area contributed by atoms with E-state index in [1.165, 1.54) is 23.5 Å². The predicted octanol–water partition coefficient (Wildman–Crippen LogP) is 3.80. The van der Waals surface area contributed by atoms with E-state index in [1.807, 2.05) is 19.2 Å². The molecule has 0 atom stereocenters. The van der Waals surface area contributed by atoms with Crippen LogP contribution in [0.1, 0.15) is 13.8 Å². The molecule has 1 N–H and O–H groups in total. The lowest BCUT2D eigenvalue weighted by Crippen LogP contribution is -2.17. The van der Waals surface area contributed by atoms with Crippen molar-refractivity contribution in [3.05, 3.63) is 35.5 Å². The first kappa shape index (κ1) is 15.4. The zero-order valence-electron chi connectivity index (χ0n) is 12.6. The summed E-state index contributed by atoms with van der Waals surface area (Å²) >= 11 is 1.38. The van der Waals surface area contributed by atoms with Gasteiger partial charge in [-0.3, -0.25) is 5.32 Å². The number of fused-ring (bicyclic) bond motifs is 1. The molecule has 1 amide bonds. The molecule has 8 heteroatoms. The zero-order chi connectivity index (χ0) is 16.4. The van der Waals surface area contributed by atoms with Crippen LogP contribution in [0.15, 0.2) is 29.6 Å². The number of hydrogen-bond donors (Lipinski definition) is 1. The summed E-state index contributed by atoms with van der Waals surface area (Å²) in [7, 11) is 0. The monoisotopic (exact) mass is 334 g/mol. The number of anilines is 1. The highest BCUT2D eigenvalue weighted by Gasteiger charge is 2.14. The second kappa shape index (κ2) is 6.33. The van der Waals surface area contributed by atoms with Crippen molar-refractivity contribution in [2.24, 2.45) is 5.92 Å². The zero-order valence-corrected chi connectivity index (χ0v) is 13.4. The molecule has 0 unspecified atom stereocenters. The highest BCUT2D eigenvalue weighted by atomic mass is 32.1. The van der Waals surface area contributed by atoms with E-state index in [2.05, 4.69) is 15.4 Å². The average molecular weight is 334 g/mol. The lowest BCUT2D eigenvalue weighted by atomic mass is 10.2. The third kappa shape index (κ3) is 3.48. The molecule has 0 fully saturated rings. The maximum atomic E-state index is 13.0. The molecular formula is C15H15FN4O2S. The number of halogens is 1. The lowest BCUT2D eigenvalue weighted by molar-refractivity contribution is 0.147. The van der Waals surface area contributed by atoms with Crippen LogP contribution in [0.25, 0.3) is 16.2 Å². The molecule has 23 heavy (non-hydrogen) atoms. The van der Waals surface area contributed by atoms with Crippen LogP contribution >= 0.6 is 11.3 Å². The number of nitrogens with zero attached hydrogens (tertiary/aromatic N) is 3. The van der Waals surface area contributed by atoms with Crippen molar-refractivity contribution >= 4 is 28.3 Å². The summed E-state index contributed by atoms with van der Waals surface area (Å²) in [5, 5.41) is 8.63. The van der Waals surface area contributed by atoms with Crippen molar-refractivity contribution in [1.29, 1.82) is 0 Å². The van der Waals surface area contributed by atoms with Crippen molar-refractivity contribution < 1.29 is 13.9 Å². The fraction of sp³-hybridized carbons (Fsp3) is 0.267. The van der Waals surface area contributed by atoms with Gasteiger partial charge in [0.05, 0.1) is 12.3 Å². The normalized spacial score (nSPS) is 11.1. The number of ether oxygens (including phenoxy) is 1. The largest absolute Gasteiger partial charge is 0.449 e. The van der Waals surface area contributed by atoms with Gasteiger partial charge in [-0.2, -0.15) is 4.98 Å². The first-order valence-corrected chi connectivity index (χ1v) is 7.95. The first-order valence-electron chi connectivity index (χ1n) is 7.07. The first-order chi connectivity index (χ1) is 11.0. The Morgan fingerprint density at radius 3 is 2.83 bits per heavy atom. The molecule has 3 aromatic rings. The molecule has 2 heterocycles. The Kier molecular flexibility index (Phi) is 4.24. The number of carbonyl (C=O) groups excluding carboxylic acids is 1. The van der Waals surface area contributed by atoms with Crippen LogP contribution in [-0.2, 0) is 4.74 Å². The lowest BCUT2D eigenvalue weighted by Gasteiger charge is -2.06. The minimum atomic E-state index is -0.583. The van der Waals surface area contributed by atoms with Crippen molar-refractivity contribution in [2.45, 2.75) is 13.8 Å². The molecule has 0 saturated heterocycles. The van der Waals surface area contributed by atoms with Crippen molar-refractivity contribution in [1.82, 2.24) is 14.6 Å². The Bertz CT molecular complexity index is 826. The summed E-state index contributed by atoms with van der Waals surface area (Å²) in [4.78, 5) is 16.5. The quantitative estimate of drug-likeness (QED) is 0.788. The minimum absolute atomic E-state index is 0.175. The van der Waals surface area contributed by atoms with Gasteiger partial charge in [0.2, 0.25) is 4.96 Å². The highest BCUT2D eigenvalue weighted by molar-refractivity contribution is 7.15. The van der Waals surface area contributed by atoms with Crippen LogP contribution in [0, 0.1) is 11.7 Å². The van der Waals surface area contributed by atoms with Gasteiger partial charge in [0, 0.05) is 10.9 Å². The van der Waals surface area contributed by atoms with Crippen LogP contribution in [0.2, 0.25) is 0 Å². The summed E-state index contributed by atoms with van der Waals surface area (Å²) in [5.41, 5.74) is 1.59. The molecule has 0 aliphatic heterocycles. The van der Waals surface area contributed by atoms with Gasteiger partial charge < -0.3 is 4.74 Å². The number of benzene rings is 1. The van der Waals surface area contributed by atoms with Gasteiger partial charge in [-0.05, 0) is 30.2 Å². The molecule has 0 bridgehead atoms. The molecule has 120 valence electrons. The molecule has 3 rings (SSSR count). The third-order valence-corrected chi connectivity index (χ3v) is 3.80. The fourth-order valence-corrected chi connectivity index (χ4v) is 2.75. The number of nitrogens with one attached hydrogen (secondary N) is 1. The minimum Gasteiger partial charge on any atom is -0.449 e. The molecule has 0 aliphatic carbocycles. The molecule has 0 saturated carbocycles. The van der Waals surface area contributed by atoms with E-state index in [-0.39, 0.29) is 17.7 Å². The van der Waals surface area contributed by atoms with E-state index in [4.69, 9.17) is 4.74 Å². The highest BCUT2D eigenvalue weighted by Crippen LogP contribution is 2.26. The molecule has 0 aliphatic rings. The summed E-state index contributed by atoms with van der Waals surface area (Å²) in [6.45, 7) is 4.23. The van der Waals surface area contributed by atoms with Gasteiger partial charge >= 0.3 is 6.09 Å². The van der Waals surface area contributed by atoms with Gasteiger partial charge in [-0.25, -0.2) is 13.7 Å². The van der Waals surface area contributed by atoms with Crippen molar-refractivity contribution in [3.8, 4) is 11.3 Å². The van der Waals surface area contributed by atoms with Gasteiger partial charge in [0.1, 0.15) is 5.82 Å². The Morgan fingerprint density at radius 1 is 1.39 bits per heavy atom. The number of amides is 1. The number of rotatable bonds is 4. The number of hydrogen-bond acceptors (Lipinski definition) is 5. The average Bonchev–Trinajstić information content (AvgIpc) is 3.06. The Labute approximate surface area is 135 Å². The Morgan fingerprint density at radius 2 is 2.13 bits per heavy atom. The van der Waals surface area contributed by atoms with Crippen molar-refractivity contribution in [3.63, 3.8) is 0 Å². The summed E-state index contributed by atoms with van der Waals surface area (Å²) in [6.07, 6.45) is -0.583. The van der Waals surface area contributed by atoms with Crippen molar-refractivity contribution in [2.75, 3.05) is 11.9 Å². The summed E-state index contributed by atoms with van der Waals surface area (Å²) < 4.78 is 19.7. The molecule has 0 spiro atoms. The third-order valence-electron chi connectivity index (χ3n) is 2.98. The van der Waals surface area contributed by atoms with Crippen LogP contribution in [-0.4, -0.2) is 27.3 Å². The predicted molar refractivity (Wildman–Crippen MR) is 86.1 cm³/mol. The second-order valence-electron chi connectivity index (χ2n) is 5.37. The molecular weight excluding hydrogens is 319 g/mol. The van der Waals surface area contributed by atoms with E-state index in [0.29, 0.717) is 11.6 Å². The molecule has 1 aromatic carbocycles. The van der Waals surface area contributed by atoms with E-state index >= 15 is 0 Å². The molecule has 2 aromatic heterocycles. The second-order valence-corrected chi connectivity index (χ2v) is 6.21. The summed E-state index contributed by atoms with van der Waals surface area (Å²) in [5.74, 6) is 0.132. The topological polar surface area (TPSA) is 68.5 Å². The smallest absolute Gasteiger partial charge is 0.414 e. The number of carbonyl (C=O) groups is 1. The maximum Gasteiger partial charge on any atom is 0.414 e. The van der Waals surface area contributed by atoms with Gasteiger partial charge in [0.25, 0.3) is 5.95 Å². The number of thiazole rings is 1. The van der Waals surface area contributed by atoms with E-state index in [9.17, 15) is 9.18 Å². The van der Waals surface area contributed by atoms with Crippen LogP contribution < -0.4 is 5.32 Å². The van der Waals surface area contributed by atoms with E-state index in [1.54, 1.807) is 16.6 Å². The molecule has 6 nitrogen and oxygen atoms in total. The molecule has 0 radical (unpaired) electrons. The Balaban J connectivity index is 1.80. The maximum absolute atomic E-state index is 13.0. The van der Waals surface area contributed by atoms with Gasteiger partial charge in [0.15, 0.2) is 0 Å². The summed E-state index contributed by atoms with van der Waals surface area (Å²) in [6, 6.07) is 6.11. The fourth-order valence-electron chi connectivity index (χ4n) is 1.92. The van der Waals surface area contributed by atoms with Crippen LogP contribution in [0.5, 0.6) is 0 Å². The van der Waals surface area contributed by atoms with Crippen LogP contribution in [0.3, 0.4) is 0 Å². The van der Waals surface area contributed by atoms with E-state index < -0.39 is 6.09 Å². The van der Waals surface area contributed by atoms with E-state index in [0.717, 1.165) is 11.3 Å². The SMILES string of the molecule is CC(C)COC(=O)Nc1nc2scc(-c3ccc(F)cc3)n2n1. The number of aromatic nitrogens is 3. The van der Waals surface area contributed by atoms with Gasteiger partial charge in [-0.1, -0.05) is 13.8 Å². The standard InChI is InChI=1S/C15H15FN4O2S/c1-9(2)7-22-15(21)18-13-17-14-20(19-13)12(8-23-14)10-3-5-11(16)6-4-10/h3-6,8-9H,7H2,1-2H3,(H,18,19,21). The van der Waals surface area contributed by atoms with Crippen LogP contribution in [0.4, 0.5) is 15.1 Å².